The Morgan fingerprint density at radius 3 is 2.00 bits per heavy atom. The van der Waals surface area contributed by atoms with Crippen molar-refractivity contribution in [2.45, 2.75) is 63.6 Å². The van der Waals surface area contributed by atoms with E-state index in [1.807, 2.05) is 69.3 Å². The van der Waals surface area contributed by atoms with Gasteiger partial charge in [0.25, 0.3) is 10.0 Å². The summed E-state index contributed by atoms with van der Waals surface area (Å²) in [7, 11) is -4.15. The number of halogens is 1. The number of aryl methyl sites for hydroxylation is 1. The number of carbonyl (C=O) groups is 2. The molecule has 0 heterocycles. The Morgan fingerprint density at radius 1 is 0.800 bits per heavy atom. The van der Waals surface area contributed by atoms with Gasteiger partial charge in [0.05, 0.1) is 10.6 Å². The maximum Gasteiger partial charge on any atom is 0.264 e. The van der Waals surface area contributed by atoms with Crippen LogP contribution in [0.3, 0.4) is 0 Å². The van der Waals surface area contributed by atoms with Crippen molar-refractivity contribution in [1.82, 2.24) is 10.2 Å². The maximum atomic E-state index is 14.5. The predicted octanol–water partition coefficient (Wildman–Crippen LogP) is 6.65. The monoisotopic (exact) mass is 645 g/mol. The Bertz CT molecular complexity index is 1670. The molecule has 4 rings (SSSR count). The highest BCUT2D eigenvalue weighted by molar-refractivity contribution is 7.92. The lowest BCUT2D eigenvalue weighted by Crippen LogP contribution is -2.54. The van der Waals surface area contributed by atoms with Gasteiger partial charge in [-0.3, -0.25) is 13.9 Å². The van der Waals surface area contributed by atoms with Crippen molar-refractivity contribution in [2.75, 3.05) is 10.8 Å². The van der Waals surface area contributed by atoms with Crippen LogP contribution in [0.4, 0.5) is 5.69 Å². The molecule has 0 radical (unpaired) electrons. The smallest absolute Gasteiger partial charge is 0.264 e. The van der Waals surface area contributed by atoms with E-state index in [1.165, 1.54) is 17.0 Å². The van der Waals surface area contributed by atoms with Crippen molar-refractivity contribution in [3.63, 3.8) is 0 Å². The molecule has 45 heavy (non-hydrogen) atoms. The fraction of sp³-hybridized carbons (Fsp3) is 0.278. The number of benzene rings is 4. The van der Waals surface area contributed by atoms with Gasteiger partial charge in [-0.05, 0) is 66.8 Å². The average molecular weight is 646 g/mol. The highest BCUT2D eigenvalue weighted by Crippen LogP contribution is 2.26. The van der Waals surface area contributed by atoms with E-state index in [0.29, 0.717) is 22.7 Å². The molecule has 0 aliphatic carbocycles. The Kier molecular flexibility index (Phi) is 11.8. The van der Waals surface area contributed by atoms with Crippen molar-refractivity contribution in [1.29, 1.82) is 0 Å². The molecule has 0 saturated carbocycles. The number of nitrogens with one attached hydrogen (secondary N) is 1. The summed E-state index contributed by atoms with van der Waals surface area (Å²) in [5, 5.41) is 3.49. The summed E-state index contributed by atoms with van der Waals surface area (Å²) in [6.45, 7) is 5.39. The first-order chi connectivity index (χ1) is 21.6. The van der Waals surface area contributed by atoms with Crippen LogP contribution in [0.5, 0.6) is 0 Å². The van der Waals surface area contributed by atoms with Gasteiger partial charge in [-0.25, -0.2) is 8.42 Å². The minimum atomic E-state index is -4.15. The summed E-state index contributed by atoms with van der Waals surface area (Å²) in [6, 6.07) is 30.7. The van der Waals surface area contributed by atoms with E-state index in [9.17, 15) is 18.0 Å². The highest BCUT2D eigenvalue weighted by atomic mass is 35.5. The SMILES string of the molecule is CCc1ccc(N(CC(=O)N(Cc2ccccc2Cl)C(Cc2ccccc2)C(=O)NC(C)CC)S(=O)(=O)c2ccccc2)cc1. The number of sulfonamides is 1. The summed E-state index contributed by atoms with van der Waals surface area (Å²) in [5.74, 6) is -0.854. The average Bonchev–Trinajstić information content (AvgIpc) is 3.06. The van der Waals surface area contributed by atoms with E-state index < -0.39 is 28.5 Å². The van der Waals surface area contributed by atoms with E-state index in [2.05, 4.69) is 5.32 Å². The third-order valence-corrected chi connectivity index (χ3v) is 9.97. The molecule has 0 aromatic heterocycles. The second-order valence-corrected chi connectivity index (χ2v) is 13.3. The molecular weight excluding hydrogens is 606 g/mol. The van der Waals surface area contributed by atoms with Gasteiger partial charge in [-0.15, -0.1) is 0 Å². The van der Waals surface area contributed by atoms with Crippen LogP contribution in [0.2, 0.25) is 5.02 Å². The van der Waals surface area contributed by atoms with Crippen LogP contribution in [0.25, 0.3) is 0 Å². The van der Waals surface area contributed by atoms with Crippen molar-refractivity contribution in [3.05, 3.63) is 131 Å². The summed E-state index contributed by atoms with van der Waals surface area (Å²) in [4.78, 5) is 30.0. The molecule has 7 nitrogen and oxygen atoms in total. The molecule has 2 amide bonds. The third-order valence-electron chi connectivity index (χ3n) is 7.81. The molecule has 4 aromatic rings. The second-order valence-electron chi connectivity index (χ2n) is 11.0. The van der Waals surface area contributed by atoms with E-state index >= 15 is 0 Å². The van der Waals surface area contributed by atoms with E-state index in [1.54, 1.807) is 48.5 Å². The minimum absolute atomic E-state index is 0.0118. The van der Waals surface area contributed by atoms with Gasteiger partial charge in [0.2, 0.25) is 11.8 Å². The molecule has 0 aliphatic rings. The zero-order valence-corrected chi connectivity index (χ0v) is 27.5. The molecule has 0 bridgehead atoms. The summed E-state index contributed by atoms with van der Waals surface area (Å²) >= 11 is 6.56. The number of hydrogen-bond acceptors (Lipinski definition) is 4. The van der Waals surface area contributed by atoms with Gasteiger partial charge in [0.15, 0.2) is 0 Å². The Hall–Kier alpha value is -4.14. The first-order valence-electron chi connectivity index (χ1n) is 15.2. The van der Waals surface area contributed by atoms with Crippen molar-refractivity contribution in [3.8, 4) is 0 Å². The number of anilines is 1. The normalized spacial score (nSPS) is 12.6. The Labute approximate surface area is 271 Å². The fourth-order valence-corrected chi connectivity index (χ4v) is 6.58. The van der Waals surface area contributed by atoms with E-state index in [-0.39, 0.29) is 29.8 Å². The van der Waals surface area contributed by atoms with Gasteiger partial charge in [0, 0.05) is 24.0 Å². The molecular formula is C36H40ClN3O4S. The maximum absolute atomic E-state index is 14.5. The lowest BCUT2D eigenvalue weighted by Gasteiger charge is -2.34. The van der Waals surface area contributed by atoms with Crippen LogP contribution in [0.1, 0.15) is 43.9 Å². The fourth-order valence-electron chi connectivity index (χ4n) is 4.95. The van der Waals surface area contributed by atoms with Crippen LogP contribution in [-0.2, 0) is 39.0 Å². The molecule has 0 saturated heterocycles. The van der Waals surface area contributed by atoms with Crippen LogP contribution >= 0.6 is 11.6 Å². The van der Waals surface area contributed by atoms with Gasteiger partial charge in [0.1, 0.15) is 12.6 Å². The number of rotatable bonds is 14. The van der Waals surface area contributed by atoms with Gasteiger partial charge < -0.3 is 10.2 Å². The van der Waals surface area contributed by atoms with Crippen molar-refractivity contribution < 1.29 is 18.0 Å². The van der Waals surface area contributed by atoms with Crippen molar-refractivity contribution >= 4 is 39.1 Å². The standard InChI is InChI=1S/C36H40ClN3O4S/c1-4-27(3)38-36(42)34(24-29-14-8-6-9-15-29)39(25-30-16-12-13-19-33(30)37)35(41)26-40(31-22-20-28(5-2)21-23-31)45(43,44)32-17-10-7-11-18-32/h6-23,27,34H,4-5,24-26H2,1-3H3,(H,38,42). The minimum Gasteiger partial charge on any atom is -0.352 e. The topological polar surface area (TPSA) is 86.8 Å². The zero-order valence-electron chi connectivity index (χ0n) is 25.9. The predicted molar refractivity (Wildman–Crippen MR) is 181 cm³/mol. The number of hydrogen-bond donors (Lipinski definition) is 1. The summed E-state index contributed by atoms with van der Waals surface area (Å²) in [6.07, 6.45) is 1.72. The van der Waals surface area contributed by atoms with E-state index in [4.69, 9.17) is 11.6 Å². The number of nitrogens with zero attached hydrogens (tertiary/aromatic N) is 2. The van der Waals surface area contributed by atoms with Crippen LogP contribution in [-0.4, -0.2) is 43.8 Å². The first-order valence-corrected chi connectivity index (χ1v) is 17.0. The molecule has 9 heteroatoms. The van der Waals surface area contributed by atoms with E-state index in [0.717, 1.165) is 21.9 Å². The molecule has 0 aliphatic heterocycles. The van der Waals surface area contributed by atoms with Crippen LogP contribution < -0.4 is 9.62 Å². The molecule has 0 fully saturated rings. The first kappa shape index (κ1) is 33.7. The molecule has 1 N–H and O–H groups in total. The Morgan fingerprint density at radius 2 is 1.40 bits per heavy atom. The van der Waals surface area contributed by atoms with Gasteiger partial charge >= 0.3 is 0 Å². The zero-order chi connectivity index (χ0) is 32.4. The van der Waals surface area contributed by atoms with Crippen molar-refractivity contribution in [2.24, 2.45) is 0 Å². The van der Waals surface area contributed by atoms with Gasteiger partial charge in [-0.1, -0.05) is 104 Å². The molecule has 4 aromatic carbocycles. The molecule has 2 unspecified atom stereocenters. The second kappa shape index (κ2) is 15.7. The molecule has 0 spiro atoms. The molecule has 2 atom stereocenters. The van der Waals surface area contributed by atoms with Gasteiger partial charge in [-0.2, -0.15) is 0 Å². The quantitative estimate of drug-likeness (QED) is 0.166. The molecule has 236 valence electrons. The highest BCUT2D eigenvalue weighted by Gasteiger charge is 2.35. The lowest BCUT2D eigenvalue weighted by atomic mass is 10.0. The lowest BCUT2D eigenvalue weighted by molar-refractivity contribution is -0.140. The summed E-state index contributed by atoms with van der Waals surface area (Å²) < 4.78 is 29.3. The van der Waals surface area contributed by atoms with Crippen LogP contribution in [0, 0.1) is 0 Å². The van der Waals surface area contributed by atoms with Crippen LogP contribution in [0.15, 0.2) is 114 Å². The largest absolute Gasteiger partial charge is 0.352 e. The third kappa shape index (κ3) is 8.74. The summed E-state index contributed by atoms with van der Waals surface area (Å²) in [5.41, 5.74) is 2.90. The Balaban J connectivity index is 1.81. The number of carbonyl (C=O) groups excluding carboxylic acids is 2. The number of amides is 2.